The average Bonchev–Trinajstić information content (AvgIpc) is 2.87. The van der Waals surface area contributed by atoms with Crippen molar-refractivity contribution in [2.24, 2.45) is 0 Å². The van der Waals surface area contributed by atoms with Gasteiger partial charge in [-0.2, -0.15) is 11.8 Å². The number of thioether (sulfide) groups is 1. The second-order valence-corrected chi connectivity index (χ2v) is 11.9. The molecule has 220 valence electrons. The van der Waals surface area contributed by atoms with Gasteiger partial charge in [0, 0.05) is 12.2 Å². The number of aryl methyl sites for hydroxylation is 2. The summed E-state index contributed by atoms with van der Waals surface area (Å²) in [6.07, 6.45) is 3.22. The van der Waals surface area contributed by atoms with Crippen LogP contribution in [0.5, 0.6) is 5.75 Å². The first-order chi connectivity index (χ1) is 18.9. The summed E-state index contributed by atoms with van der Waals surface area (Å²) in [5.41, 5.74) is 2.58. The molecular weight excluding hydrogens is 526 g/mol. The third-order valence-corrected chi connectivity index (χ3v) is 6.76. The van der Waals surface area contributed by atoms with Gasteiger partial charge in [0.25, 0.3) is 5.91 Å². The summed E-state index contributed by atoms with van der Waals surface area (Å²) in [5, 5.41) is 5.78. The Bertz CT molecular complexity index is 1110. The van der Waals surface area contributed by atoms with Crippen LogP contribution in [-0.4, -0.2) is 60.1 Å². The molecule has 0 aliphatic rings. The zero-order chi connectivity index (χ0) is 29.9. The molecule has 0 aliphatic heterocycles. The Morgan fingerprint density at radius 2 is 1.65 bits per heavy atom. The van der Waals surface area contributed by atoms with E-state index in [0.29, 0.717) is 42.1 Å². The number of carbonyl (C=O) groups is 3. The largest absolute Gasteiger partial charge is 0.497 e. The monoisotopic (exact) mass is 571 g/mol. The Labute approximate surface area is 243 Å². The van der Waals surface area contributed by atoms with Crippen LogP contribution >= 0.6 is 11.8 Å². The normalized spacial score (nSPS) is 12.7. The molecule has 0 heterocycles. The molecule has 2 rings (SSSR count). The van der Waals surface area contributed by atoms with Crippen molar-refractivity contribution >= 4 is 35.4 Å². The molecule has 0 saturated heterocycles. The maximum absolute atomic E-state index is 14.2. The van der Waals surface area contributed by atoms with Crippen LogP contribution in [0.4, 0.5) is 10.5 Å². The van der Waals surface area contributed by atoms with Gasteiger partial charge in [0.05, 0.1) is 7.11 Å². The van der Waals surface area contributed by atoms with Crippen molar-refractivity contribution in [3.63, 3.8) is 0 Å². The Hall–Kier alpha value is -3.20. The summed E-state index contributed by atoms with van der Waals surface area (Å²) in [6, 6.07) is 11.2. The second kappa shape index (κ2) is 15.6. The fraction of sp³-hybridized carbons (Fsp3) is 0.516. The fourth-order valence-corrected chi connectivity index (χ4v) is 4.84. The predicted octanol–water partition coefficient (Wildman–Crippen LogP) is 6.27. The Balaban J connectivity index is 2.54. The lowest BCUT2D eigenvalue weighted by atomic mass is 9.97. The highest BCUT2D eigenvalue weighted by Crippen LogP contribution is 2.28. The average molecular weight is 572 g/mol. The van der Waals surface area contributed by atoms with Crippen LogP contribution < -0.4 is 15.4 Å². The van der Waals surface area contributed by atoms with Crippen molar-refractivity contribution < 1.29 is 23.9 Å². The first kappa shape index (κ1) is 33.0. The van der Waals surface area contributed by atoms with Crippen LogP contribution in [0.15, 0.2) is 42.5 Å². The summed E-state index contributed by atoms with van der Waals surface area (Å²) >= 11 is 1.58. The number of benzene rings is 2. The van der Waals surface area contributed by atoms with E-state index in [9.17, 15) is 14.4 Å². The number of amides is 3. The van der Waals surface area contributed by atoms with E-state index in [2.05, 4.69) is 10.6 Å². The molecule has 2 aromatic rings. The minimum absolute atomic E-state index is 0.317. The van der Waals surface area contributed by atoms with Crippen LogP contribution in [0.1, 0.15) is 69.7 Å². The zero-order valence-electron chi connectivity index (χ0n) is 25.1. The van der Waals surface area contributed by atoms with Gasteiger partial charge in [-0.1, -0.05) is 42.7 Å². The highest BCUT2D eigenvalue weighted by atomic mass is 32.2. The number of ether oxygens (including phenoxy) is 2. The number of nitrogens with zero attached hydrogens (tertiary/aromatic N) is 1. The third kappa shape index (κ3) is 10.4. The van der Waals surface area contributed by atoms with Gasteiger partial charge in [-0.3, -0.25) is 9.59 Å². The van der Waals surface area contributed by atoms with Crippen molar-refractivity contribution in [2.45, 2.75) is 78.5 Å². The number of carbonyl (C=O) groups excluding carboxylic acids is 3. The molecule has 0 aliphatic carbocycles. The van der Waals surface area contributed by atoms with Crippen LogP contribution in [0.25, 0.3) is 0 Å². The minimum atomic E-state index is -0.906. The van der Waals surface area contributed by atoms with Crippen molar-refractivity contribution in [2.75, 3.05) is 31.0 Å². The standard InChI is InChI=1S/C31H45N3O5S/c1-9-10-16-34(29(36)26(15-17-40-8)33-30(37)39-31(4,5)6)27(23-19-21(2)18-22(3)20-23)28(35)32-24-11-13-25(38-7)14-12-24/h11-14,18-20,26-27H,9-10,15-17H2,1-8H3,(H,32,35)(H,33,37). The summed E-state index contributed by atoms with van der Waals surface area (Å²) in [6.45, 7) is 11.7. The highest BCUT2D eigenvalue weighted by Gasteiger charge is 2.36. The van der Waals surface area contributed by atoms with Crippen molar-refractivity contribution in [3.05, 3.63) is 59.2 Å². The lowest BCUT2D eigenvalue weighted by molar-refractivity contribution is -0.141. The molecule has 0 bridgehead atoms. The lowest BCUT2D eigenvalue weighted by Crippen LogP contribution is -2.52. The minimum Gasteiger partial charge on any atom is -0.497 e. The number of hydrogen-bond acceptors (Lipinski definition) is 6. The number of rotatable bonds is 13. The van der Waals surface area contributed by atoms with Gasteiger partial charge in [0.1, 0.15) is 23.4 Å². The Morgan fingerprint density at radius 1 is 1.02 bits per heavy atom. The van der Waals surface area contributed by atoms with Gasteiger partial charge in [-0.25, -0.2) is 4.79 Å². The van der Waals surface area contributed by atoms with E-state index in [1.54, 1.807) is 68.8 Å². The molecule has 0 saturated carbocycles. The second-order valence-electron chi connectivity index (χ2n) is 10.9. The number of hydrogen-bond donors (Lipinski definition) is 2. The lowest BCUT2D eigenvalue weighted by Gasteiger charge is -2.35. The molecule has 2 atom stereocenters. The van der Waals surface area contributed by atoms with Crippen LogP contribution in [0, 0.1) is 13.8 Å². The first-order valence-corrected chi connectivity index (χ1v) is 15.1. The van der Waals surface area contributed by atoms with Gasteiger partial charge in [0.15, 0.2) is 0 Å². The molecule has 0 radical (unpaired) electrons. The third-order valence-electron chi connectivity index (χ3n) is 6.11. The molecule has 2 aromatic carbocycles. The number of unbranched alkanes of at least 4 members (excludes halogenated alkanes) is 1. The maximum Gasteiger partial charge on any atom is 0.408 e. The van der Waals surface area contributed by atoms with Crippen molar-refractivity contribution in [3.8, 4) is 5.75 Å². The molecule has 3 amide bonds. The van der Waals surface area contributed by atoms with E-state index in [-0.39, 0.29) is 11.8 Å². The molecule has 40 heavy (non-hydrogen) atoms. The molecule has 8 nitrogen and oxygen atoms in total. The van der Waals surface area contributed by atoms with E-state index < -0.39 is 23.8 Å². The molecule has 0 spiro atoms. The molecule has 0 aromatic heterocycles. The van der Waals surface area contributed by atoms with E-state index >= 15 is 0 Å². The predicted molar refractivity (Wildman–Crippen MR) is 163 cm³/mol. The topological polar surface area (TPSA) is 97.0 Å². The van der Waals surface area contributed by atoms with Crippen LogP contribution in [0.2, 0.25) is 0 Å². The van der Waals surface area contributed by atoms with Crippen molar-refractivity contribution in [1.29, 1.82) is 0 Å². The van der Waals surface area contributed by atoms with E-state index in [4.69, 9.17) is 9.47 Å². The quantitative estimate of drug-likeness (QED) is 0.294. The van der Waals surface area contributed by atoms with Gasteiger partial charge in [-0.05, 0) is 89.3 Å². The number of anilines is 1. The van der Waals surface area contributed by atoms with Gasteiger partial charge in [0.2, 0.25) is 5.91 Å². The van der Waals surface area contributed by atoms with Crippen LogP contribution in [-0.2, 0) is 14.3 Å². The van der Waals surface area contributed by atoms with Gasteiger partial charge < -0.3 is 25.0 Å². The molecule has 2 unspecified atom stereocenters. The Kier molecular flexibility index (Phi) is 12.8. The smallest absolute Gasteiger partial charge is 0.408 e. The van der Waals surface area contributed by atoms with Gasteiger partial charge >= 0.3 is 6.09 Å². The molecular formula is C31H45N3O5S. The first-order valence-electron chi connectivity index (χ1n) is 13.7. The van der Waals surface area contributed by atoms with Crippen molar-refractivity contribution in [1.82, 2.24) is 10.2 Å². The van der Waals surface area contributed by atoms with E-state index in [1.807, 2.05) is 45.2 Å². The maximum atomic E-state index is 14.2. The number of alkyl carbamates (subject to hydrolysis) is 1. The number of nitrogens with one attached hydrogen (secondary N) is 2. The fourth-order valence-electron chi connectivity index (χ4n) is 4.36. The Morgan fingerprint density at radius 3 is 2.17 bits per heavy atom. The van der Waals surface area contributed by atoms with E-state index in [0.717, 1.165) is 17.5 Å². The molecule has 0 fully saturated rings. The summed E-state index contributed by atoms with van der Waals surface area (Å²) in [5.74, 6) is 0.677. The van der Waals surface area contributed by atoms with Gasteiger partial charge in [-0.15, -0.1) is 0 Å². The highest BCUT2D eigenvalue weighted by molar-refractivity contribution is 7.98. The number of methoxy groups -OCH3 is 1. The zero-order valence-corrected chi connectivity index (χ0v) is 25.9. The van der Waals surface area contributed by atoms with Crippen LogP contribution in [0.3, 0.4) is 0 Å². The molecule has 2 N–H and O–H groups in total. The summed E-state index contributed by atoms with van der Waals surface area (Å²) < 4.78 is 10.7. The summed E-state index contributed by atoms with van der Waals surface area (Å²) in [7, 11) is 1.58. The SMILES string of the molecule is CCCCN(C(=O)C(CCSC)NC(=O)OC(C)(C)C)C(C(=O)Nc1ccc(OC)cc1)c1cc(C)cc(C)c1. The molecule has 9 heteroatoms. The summed E-state index contributed by atoms with van der Waals surface area (Å²) in [4.78, 5) is 42.6. The van der Waals surface area contributed by atoms with E-state index in [1.165, 1.54) is 0 Å².